The smallest absolute Gasteiger partial charge is 0.137 e. The van der Waals surface area contributed by atoms with E-state index in [1.165, 1.54) is 0 Å². The maximum Gasteiger partial charge on any atom is 0.137 e. The molecule has 0 fully saturated rings. The molecule has 0 atom stereocenters. The van der Waals surface area contributed by atoms with Gasteiger partial charge < -0.3 is 5.11 Å². The average molecular weight is 284 g/mol. The minimum atomic E-state index is 0.236. The van der Waals surface area contributed by atoms with Gasteiger partial charge in [-0.25, -0.2) is 0 Å². The number of rotatable bonds is 1. The van der Waals surface area contributed by atoms with Gasteiger partial charge in [0.25, 0.3) is 0 Å². The van der Waals surface area contributed by atoms with Crippen LogP contribution in [0.15, 0.2) is 46.9 Å². The van der Waals surface area contributed by atoms with Crippen molar-refractivity contribution in [1.82, 2.24) is 0 Å². The summed E-state index contributed by atoms with van der Waals surface area (Å²) in [6, 6.07) is 12.9. The second-order valence-corrected chi connectivity index (χ2v) is 4.44. The predicted octanol–water partition coefficient (Wildman–Crippen LogP) is 4.48. The van der Waals surface area contributed by atoms with E-state index >= 15 is 0 Å². The summed E-state index contributed by atoms with van der Waals surface area (Å²) in [5.74, 6) is 0.236. The molecule has 0 aliphatic heterocycles. The van der Waals surface area contributed by atoms with Gasteiger partial charge in [0.15, 0.2) is 0 Å². The summed E-state index contributed by atoms with van der Waals surface area (Å²) >= 11 is 9.17. The number of halogens is 2. The van der Waals surface area contributed by atoms with Crippen LogP contribution < -0.4 is 0 Å². The molecular weight excluding hydrogens is 275 g/mol. The Morgan fingerprint density at radius 2 is 1.80 bits per heavy atom. The second kappa shape index (κ2) is 4.25. The number of benzene rings is 2. The Morgan fingerprint density at radius 3 is 2.53 bits per heavy atom. The highest BCUT2D eigenvalue weighted by molar-refractivity contribution is 9.10. The van der Waals surface area contributed by atoms with Crippen molar-refractivity contribution in [3.63, 3.8) is 0 Å². The molecule has 0 heterocycles. The number of aromatic hydroxyl groups is 1. The third-order valence-corrected chi connectivity index (χ3v) is 3.00. The van der Waals surface area contributed by atoms with Crippen molar-refractivity contribution in [3.8, 4) is 16.9 Å². The summed E-state index contributed by atoms with van der Waals surface area (Å²) in [6.45, 7) is 0. The summed E-state index contributed by atoms with van der Waals surface area (Å²) in [7, 11) is 0. The first-order chi connectivity index (χ1) is 7.18. The highest BCUT2D eigenvalue weighted by Gasteiger charge is 2.06. The van der Waals surface area contributed by atoms with Crippen molar-refractivity contribution < 1.29 is 5.11 Å². The van der Waals surface area contributed by atoms with Gasteiger partial charge in [-0.15, -0.1) is 0 Å². The molecule has 2 aromatic carbocycles. The zero-order valence-electron chi connectivity index (χ0n) is 7.74. The van der Waals surface area contributed by atoms with Crippen LogP contribution in [0.5, 0.6) is 5.75 Å². The van der Waals surface area contributed by atoms with E-state index < -0.39 is 0 Å². The van der Waals surface area contributed by atoms with Crippen LogP contribution in [0.3, 0.4) is 0 Å². The van der Waals surface area contributed by atoms with Crippen molar-refractivity contribution in [3.05, 3.63) is 52.0 Å². The van der Waals surface area contributed by atoms with E-state index in [1.54, 1.807) is 12.1 Å². The van der Waals surface area contributed by atoms with Crippen LogP contribution in [0, 0.1) is 0 Å². The molecule has 2 aromatic rings. The molecule has 0 amide bonds. The second-order valence-electron chi connectivity index (χ2n) is 3.15. The molecule has 0 aromatic heterocycles. The van der Waals surface area contributed by atoms with Crippen LogP contribution in [0.2, 0.25) is 5.02 Å². The maximum absolute atomic E-state index is 9.85. The quantitative estimate of drug-likeness (QED) is 0.818. The van der Waals surface area contributed by atoms with Gasteiger partial charge >= 0.3 is 0 Å². The zero-order valence-corrected chi connectivity index (χ0v) is 10.1. The molecule has 2 rings (SSSR count). The van der Waals surface area contributed by atoms with Crippen LogP contribution in [-0.2, 0) is 0 Å². The molecule has 1 N–H and O–H groups in total. The Morgan fingerprint density at radius 1 is 1.07 bits per heavy atom. The Balaban J connectivity index is 2.59. The molecular formula is C12H8BrClO. The predicted molar refractivity (Wildman–Crippen MR) is 66.3 cm³/mol. The third kappa shape index (κ3) is 2.16. The molecule has 0 spiro atoms. The first-order valence-corrected chi connectivity index (χ1v) is 5.59. The molecule has 76 valence electrons. The molecule has 15 heavy (non-hydrogen) atoms. The normalized spacial score (nSPS) is 10.3. The van der Waals surface area contributed by atoms with Crippen LogP contribution >= 0.6 is 27.5 Å². The Kier molecular flexibility index (Phi) is 2.98. The number of hydrogen-bond donors (Lipinski definition) is 1. The standard InChI is InChI=1S/C12H8BrClO/c13-11-6-2-5-10(12(11)15)8-3-1-4-9(14)7-8/h1-7,15H. The summed E-state index contributed by atoms with van der Waals surface area (Å²) in [4.78, 5) is 0. The molecule has 0 saturated heterocycles. The van der Waals surface area contributed by atoms with Crippen molar-refractivity contribution in [2.45, 2.75) is 0 Å². The van der Waals surface area contributed by atoms with Crippen LogP contribution in [0.4, 0.5) is 0 Å². The van der Waals surface area contributed by atoms with Gasteiger partial charge in [0.05, 0.1) is 4.47 Å². The number of hydrogen-bond acceptors (Lipinski definition) is 1. The average Bonchev–Trinajstić information content (AvgIpc) is 2.22. The Bertz CT molecular complexity index is 497. The molecule has 0 aliphatic carbocycles. The molecule has 0 bridgehead atoms. The lowest BCUT2D eigenvalue weighted by Crippen LogP contribution is -1.79. The number of para-hydroxylation sites is 1. The minimum absolute atomic E-state index is 0.236. The monoisotopic (exact) mass is 282 g/mol. The minimum Gasteiger partial charge on any atom is -0.506 e. The number of phenolic OH excluding ortho intramolecular Hbond substituents is 1. The summed E-state index contributed by atoms with van der Waals surface area (Å²) in [6.07, 6.45) is 0. The SMILES string of the molecule is Oc1c(Br)cccc1-c1cccc(Cl)c1. The Labute approximate surface area is 101 Å². The first-order valence-electron chi connectivity index (χ1n) is 4.42. The van der Waals surface area contributed by atoms with Crippen LogP contribution in [-0.4, -0.2) is 5.11 Å². The van der Waals surface area contributed by atoms with Crippen molar-refractivity contribution in [2.75, 3.05) is 0 Å². The lowest BCUT2D eigenvalue weighted by molar-refractivity contribution is 0.474. The van der Waals surface area contributed by atoms with E-state index in [4.69, 9.17) is 11.6 Å². The van der Waals surface area contributed by atoms with Crippen LogP contribution in [0.1, 0.15) is 0 Å². The van der Waals surface area contributed by atoms with E-state index in [0.717, 1.165) is 11.1 Å². The fraction of sp³-hybridized carbons (Fsp3) is 0. The van der Waals surface area contributed by atoms with Gasteiger partial charge in [0.1, 0.15) is 5.75 Å². The highest BCUT2D eigenvalue weighted by Crippen LogP contribution is 2.35. The van der Waals surface area contributed by atoms with E-state index in [1.807, 2.05) is 30.3 Å². The third-order valence-electron chi connectivity index (χ3n) is 2.12. The van der Waals surface area contributed by atoms with Crippen molar-refractivity contribution >= 4 is 27.5 Å². The molecule has 3 heteroatoms. The maximum atomic E-state index is 9.85. The lowest BCUT2D eigenvalue weighted by Gasteiger charge is -2.06. The molecule has 0 unspecified atom stereocenters. The summed E-state index contributed by atoms with van der Waals surface area (Å²) in [5, 5.41) is 10.5. The lowest BCUT2D eigenvalue weighted by atomic mass is 10.1. The van der Waals surface area contributed by atoms with Gasteiger partial charge in [0, 0.05) is 10.6 Å². The van der Waals surface area contributed by atoms with Crippen molar-refractivity contribution in [1.29, 1.82) is 0 Å². The van der Waals surface area contributed by atoms with Gasteiger partial charge in [-0.1, -0.05) is 35.9 Å². The van der Waals surface area contributed by atoms with Crippen molar-refractivity contribution in [2.24, 2.45) is 0 Å². The van der Waals surface area contributed by atoms with E-state index in [0.29, 0.717) is 9.50 Å². The van der Waals surface area contributed by atoms with E-state index in [9.17, 15) is 5.11 Å². The van der Waals surface area contributed by atoms with E-state index in [-0.39, 0.29) is 5.75 Å². The molecule has 0 saturated carbocycles. The van der Waals surface area contributed by atoms with Gasteiger partial charge in [-0.05, 0) is 39.7 Å². The van der Waals surface area contributed by atoms with Crippen LogP contribution in [0.25, 0.3) is 11.1 Å². The summed E-state index contributed by atoms with van der Waals surface area (Å²) < 4.78 is 0.681. The fourth-order valence-electron chi connectivity index (χ4n) is 1.40. The topological polar surface area (TPSA) is 20.2 Å². The highest BCUT2D eigenvalue weighted by atomic mass is 79.9. The fourth-order valence-corrected chi connectivity index (χ4v) is 1.96. The van der Waals surface area contributed by atoms with E-state index in [2.05, 4.69) is 15.9 Å². The molecule has 1 nitrogen and oxygen atoms in total. The van der Waals surface area contributed by atoms with Gasteiger partial charge in [-0.2, -0.15) is 0 Å². The molecule has 0 aliphatic rings. The van der Waals surface area contributed by atoms with Gasteiger partial charge in [0.2, 0.25) is 0 Å². The molecule has 0 radical (unpaired) electrons. The number of phenols is 1. The first kappa shape index (κ1) is 10.5. The Hall–Kier alpha value is -0.990. The largest absolute Gasteiger partial charge is 0.506 e. The van der Waals surface area contributed by atoms with Gasteiger partial charge in [-0.3, -0.25) is 0 Å². The summed E-state index contributed by atoms with van der Waals surface area (Å²) in [5.41, 5.74) is 1.67. The zero-order chi connectivity index (χ0) is 10.8.